The van der Waals surface area contributed by atoms with Crippen LogP contribution in [-0.4, -0.2) is 34.9 Å². The average molecular weight is 462 g/mol. The predicted octanol–water partition coefficient (Wildman–Crippen LogP) is 2.32. The molecule has 0 fully saturated rings. The van der Waals surface area contributed by atoms with Crippen LogP contribution in [-0.2, 0) is 13.6 Å². The first kappa shape index (κ1) is 21.1. The Kier molecular flexibility index (Phi) is 8.07. The number of rotatable bonds is 5. The van der Waals surface area contributed by atoms with Gasteiger partial charge in [0.05, 0.1) is 19.7 Å². The van der Waals surface area contributed by atoms with Crippen molar-refractivity contribution in [2.45, 2.75) is 26.4 Å². The Bertz CT molecular complexity index is 733. The van der Waals surface area contributed by atoms with Crippen molar-refractivity contribution < 1.29 is 9.13 Å². The van der Waals surface area contributed by atoms with Gasteiger partial charge in [-0.3, -0.25) is 4.99 Å². The van der Waals surface area contributed by atoms with Crippen LogP contribution in [0.25, 0.3) is 0 Å². The largest absolute Gasteiger partial charge is 0.494 e. The number of hydrogen-bond acceptors (Lipinski definition) is 4. The highest BCUT2D eigenvalue weighted by atomic mass is 127. The minimum absolute atomic E-state index is 0. The smallest absolute Gasteiger partial charge is 0.191 e. The van der Waals surface area contributed by atoms with E-state index in [2.05, 4.69) is 25.8 Å². The van der Waals surface area contributed by atoms with Crippen molar-refractivity contribution in [1.29, 1.82) is 0 Å². The molecule has 1 aromatic carbocycles. The Balaban J connectivity index is 0.00000312. The lowest BCUT2D eigenvalue weighted by Crippen LogP contribution is -2.38. The van der Waals surface area contributed by atoms with Gasteiger partial charge in [-0.2, -0.15) is 0 Å². The van der Waals surface area contributed by atoms with E-state index in [-0.39, 0.29) is 41.6 Å². The van der Waals surface area contributed by atoms with Crippen LogP contribution in [0.15, 0.2) is 23.2 Å². The molecule has 9 heteroatoms. The molecule has 2 N–H and O–H groups in total. The highest BCUT2D eigenvalue weighted by Gasteiger charge is 2.12. The fraction of sp³-hybridized carbons (Fsp3) is 0.438. The van der Waals surface area contributed by atoms with Crippen molar-refractivity contribution in [3.05, 3.63) is 41.2 Å². The highest BCUT2D eigenvalue weighted by molar-refractivity contribution is 14.0. The summed E-state index contributed by atoms with van der Waals surface area (Å²) in [5, 5.41) is 14.5. The molecular formula is C16H24FIN6O. The Morgan fingerprint density at radius 3 is 2.64 bits per heavy atom. The molecule has 1 unspecified atom stereocenters. The lowest BCUT2D eigenvalue weighted by atomic mass is 10.1. The molecule has 0 saturated carbocycles. The van der Waals surface area contributed by atoms with Crippen LogP contribution >= 0.6 is 24.0 Å². The van der Waals surface area contributed by atoms with E-state index >= 15 is 0 Å². The van der Waals surface area contributed by atoms with Gasteiger partial charge in [0.1, 0.15) is 5.82 Å². The van der Waals surface area contributed by atoms with Crippen molar-refractivity contribution in [3.63, 3.8) is 0 Å². The molecule has 0 spiro atoms. The molecule has 0 aliphatic rings. The quantitative estimate of drug-likeness (QED) is 0.405. The normalized spacial score (nSPS) is 12.3. The van der Waals surface area contributed by atoms with Crippen molar-refractivity contribution in [3.8, 4) is 5.75 Å². The number of methoxy groups -OCH3 is 1. The van der Waals surface area contributed by atoms with Gasteiger partial charge in [0.15, 0.2) is 23.4 Å². The summed E-state index contributed by atoms with van der Waals surface area (Å²) in [6, 6.07) is 4.76. The van der Waals surface area contributed by atoms with Gasteiger partial charge in [-0.15, -0.1) is 34.2 Å². The predicted molar refractivity (Wildman–Crippen MR) is 106 cm³/mol. The zero-order valence-corrected chi connectivity index (χ0v) is 17.3. The van der Waals surface area contributed by atoms with Crippen molar-refractivity contribution in [1.82, 2.24) is 25.4 Å². The van der Waals surface area contributed by atoms with Gasteiger partial charge >= 0.3 is 0 Å². The molecule has 0 amide bonds. The van der Waals surface area contributed by atoms with Crippen LogP contribution in [0.5, 0.6) is 5.75 Å². The maximum absolute atomic E-state index is 13.8. The van der Waals surface area contributed by atoms with E-state index in [0.717, 1.165) is 17.2 Å². The van der Waals surface area contributed by atoms with E-state index in [1.54, 1.807) is 13.1 Å². The number of hydrogen-bond donors (Lipinski definition) is 2. The molecule has 1 atom stereocenters. The monoisotopic (exact) mass is 462 g/mol. The standard InChI is InChI=1S/C16H23FN6O.HI/c1-10(12-6-7-14(24-5)13(17)8-12)20-16(18-3)19-9-15-22-21-11(2)23(15)4;/h6-8,10H,9H2,1-5H3,(H2,18,19,20);1H. The number of ether oxygens (including phenoxy) is 1. The van der Waals surface area contributed by atoms with Gasteiger partial charge in [-0.05, 0) is 31.5 Å². The second-order valence-electron chi connectivity index (χ2n) is 5.41. The summed E-state index contributed by atoms with van der Waals surface area (Å²) in [6.07, 6.45) is 0. The fourth-order valence-electron chi connectivity index (χ4n) is 2.20. The van der Waals surface area contributed by atoms with E-state index in [1.165, 1.54) is 13.2 Å². The maximum atomic E-state index is 13.8. The summed E-state index contributed by atoms with van der Waals surface area (Å²) in [5.74, 6) is 2.09. The first-order valence-corrected chi connectivity index (χ1v) is 7.61. The summed E-state index contributed by atoms with van der Waals surface area (Å²) >= 11 is 0. The van der Waals surface area contributed by atoms with Gasteiger partial charge in [0.2, 0.25) is 0 Å². The lowest BCUT2D eigenvalue weighted by molar-refractivity contribution is 0.386. The van der Waals surface area contributed by atoms with Crippen LogP contribution in [0.1, 0.15) is 30.2 Å². The lowest BCUT2D eigenvalue weighted by Gasteiger charge is -2.18. The molecule has 0 radical (unpaired) electrons. The number of aromatic nitrogens is 3. The molecule has 2 rings (SSSR count). The number of nitrogens with zero attached hydrogens (tertiary/aromatic N) is 4. The molecule has 1 aromatic heterocycles. The van der Waals surface area contributed by atoms with Gasteiger partial charge in [0.25, 0.3) is 0 Å². The Morgan fingerprint density at radius 1 is 1.40 bits per heavy atom. The third-order valence-corrected chi connectivity index (χ3v) is 3.85. The zero-order valence-electron chi connectivity index (χ0n) is 15.0. The first-order chi connectivity index (χ1) is 11.5. The summed E-state index contributed by atoms with van der Waals surface area (Å²) in [5.41, 5.74) is 0.797. The van der Waals surface area contributed by atoms with Crippen molar-refractivity contribution >= 4 is 29.9 Å². The van der Waals surface area contributed by atoms with E-state index < -0.39 is 0 Å². The van der Waals surface area contributed by atoms with Gasteiger partial charge in [0, 0.05) is 14.1 Å². The third kappa shape index (κ3) is 5.28. The summed E-state index contributed by atoms with van der Waals surface area (Å²) in [4.78, 5) is 4.18. The molecular weight excluding hydrogens is 438 g/mol. The summed E-state index contributed by atoms with van der Waals surface area (Å²) in [7, 11) is 5.03. The third-order valence-electron chi connectivity index (χ3n) is 3.85. The Morgan fingerprint density at radius 2 is 2.12 bits per heavy atom. The number of guanidine groups is 1. The van der Waals surface area contributed by atoms with Crippen LogP contribution in [0.3, 0.4) is 0 Å². The second-order valence-corrected chi connectivity index (χ2v) is 5.41. The fourth-order valence-corrected chi connectivity index (χ4v) is 2.20. The minimum atomic E-state index is -0.388. The molecule has 7 nitrogen and oxygen atoms in total. The van der Waals surface area contributed by atoms with Crippen molar-refractivity contribution in [2.75, 3.05) is 14.2 Å². The van der Waals surface area contributed by atoms with E-state index in [9.17, 15) is 4.39 Å². The summed E-state index contributed by atoms with van der Waals surface area (Å²) < 4.78 is 20.7. The molecule has 0 aliphatic carbocycles. The van der Waals surface area contributed by atoms with Crippen LogP contribution in [0.2, 0.25) is 0 Å². The Labute approximate surface area is 164 Å². The number of benzene rings is 1. The molecule has 0 saturated heterocycles. The van der Waals surface area contributed by atoms with E-state index in [0.29, 0.717) is 12.5 Å². The van der Waals surface area contributed by atoms with Gasteiger partial charge in [-0.1, -0.05) is 6.07 Å². The number of aryl methyl sites for hydroxylation is 1. The molecule has 25 heavy (non-hydrogen) atoms. The first-order valence-electron chi connectivity index (χ1n) is 7.61. The van der Waals surface area contributed by atoms with E-state index in [1.807, 2.05) is 31.5 Å². The topological polar surface area (TPSA) is 76.4 Å². The number of aliphatic imine (C=N–C) groups is 1. The highest BCUT2D eigenvalue weighted by Crippen LogP contribution is 2.21. The zero-order chi connectivity index (χ0) is 17.7. The molecule has 2 aromatic rings. The molecule has 138 valence electrons. The molecule has 0 aliphatic heterocycles. The minimum Gasteiger partial charge on any atom is -0.494 e. The SMILES string of the molecule is CN=C(NCc1nnc(C)n1C)NC(C)c1ccc(OC)c(F)c1.I. The van der Waals surface area contributed by atoms with Crippen LogP contribution in [0.4, 0.5) is 4.39 Å². The second kappa shape index (κ2) is 9.54. The van der Waals surface area contributed by atoms with Crippen molar-refractivity contribution in [2.24, 2.45) is 12.0 Å². The average Bonchev–Trinajstić information content (AvgIpc) is 2.90. The summed E-state index contributed by atoms with van der Waals surface area (Å²) in [6.45, 7) is 4.31. The molecule has 1 heterocycles. The van der Waals surface area contributed by atoms with Gasteiger partial charge < -0.3 is 19.9 Å². The van der Waals surface area contributed by atoms with Crippen LogP contribution < -0.4 is 15.4 Å². The van der Waals surface area contributed by atoms with Crippen LogP contribution in [0, 0.1) is 12.7 Å². The van der Waals surface area contributed by atoms with Gasteiger partial charge in [-0.25, -0.2) is 4.39 Å². The van der Waals surface area contributed by atoms with E-state index in [4.69, 9.17) is 4.74 Å². The maximum Gasteiger partial charge on any atom is 0.191 e. The Hall–Kier alpha value is -1.91. The molecule has 0 bridgehead atoms. The number of halogens is 2. The number of nitrogens with one attached hydrogen (secondary N) is 2.